The van der Waals surface area contributed by atoms with Crippen LogP contribution in [-0.2, 0) is 11.2 Å². The van der Waals surface area contributed by atoms with Crippen molar-refractivity contribution < 1.29 is 18.4 Å². The van der Waals surface area contributed by atoms with Crippen LogP contribution in [0.25, 0.3) is 0 Å². The van der Waals surface area contributed by atoms with Crippen molar-refractivity contribution in [3.8, 4) is 0 Å². The maximum absolute atomic E-state index is 13.1. The molecule has 1 aliphatic rings. The molecule has 4 rings (SSSR count). The molecule has 6 nitrogen and oxygen atoms in total. The monoisotopic (exact) mass is 421 g/mol. The van der Waals surface area contributed by atoms with Crippen LogP contribution in [0.5, 0.6) is 0 Å². The highest BCUT2D eigenvalue weighted by Gasteiger charge is 2.31. The van der Waals surface area contributed by atoms with E-state index >= 15 is 0 Å². The average Bonchev–Trinajstić information content (AvgIpc) is 3.27. The van der Waals surface area contributed by atoms with Crippen LogP contribution in [0.2, 0.25) is 0 Å². The largest absolute Gasteiger partial charge is 0.443 e. The van der Waals surface area contributed by atoms with Gasteiger partial charge in [0.25, 0.3) is 5.91 Å². The summed E-state index contributed by atoms with van der Waals surface area (Å²) in [4.78, 5) is 31.2. The SMILES string of the molecule is O=C(NCC(=O)N1CCCC[C@@H]1c1ncc(Cc2ccc(F)cc2)o1)c1ccccc1. The summed E-state index contributed by atoms with van der Waals surface area (Å²) in [6, 6.07) is 14.8. The van der Waals surface area contributed by atoms with Crippen molar-refractivity contribution >= 4 is 11.8 Å². The summed E-state index contributed by atoms with van der Waals surface area (Å²) in [6.07, 6.45) is 4.79. The van der Waals surface area contributed by atoms with Crippen molar-refractivity contribution in [2.24, 2.45) is 0 Å². The van der Waals surface area contributed by atoms with Gasteiger partial charge in [0.15, 0.2) is 0 Å². The zero-order valence-corrected chi connectivity index (χ0v) is 17.1. The van der Waals surface area contributed by atoms with Crippen LogP contribution in [0.1, 0.15) is 52.9 Å². The number of carbonyl (C=O) groups is 2. The van der Waals surface area contributed by atoms with Crippen LogP contribution in [0.15, 0.2) is 65.2 Å². The van der Waals surface area contributed by atoms with Gasteiger partial charge in [-0.05, 0) is 49.1 Å². The third-order valence-corrected chi connectivity index (χ3v) is 5.41. The first-order valence-electron chi connectivity index (χ1n) is 10.4. The fourth-order valence-electron chi connectivity index (χ4n) is 3.80. The summed E-state index contributed by atoms with van der Waals surface area (Å²) in [5.41, 5.74) is 1.44. The van der Waals surface area contributed by atoms with Crippen LogP contribution < -0.4 is 5.32 Å². The Kier molecular flexibility index (Phi) is 6.40. The molecular formula is C24H24FN3O3. The fourth-order valence-corrected chi connectivity index (χ4v) is 3.80. The fraction of sp³-hybridized carbons (Fsp3) is 0.292. The molecule has 3 aromatic rings. The number of nitrogens with one attached hydrogen (secondary N) is 1. The van der Waals surface area contributed by atoms with E-state index in [1.807, 2.05) is 6.07 Å². The third-order valence-electron chi connectivity index (χ3n) is 5.41. The van der Waals surface area contributed by atoms with Gasteiger partial charge in [0.05, 0.1) is 12.7 Å². The molecule has 1 N–H and O–H groups in total. The number of hydrogen-bond donors (Lipinski definition) is 1. The minimum atomic E-state index is -0.280. The van der Waals surface area contributed by atoms with Crippen molar-refractivity contribution in [3.05, 3.63) is 89.4 Å². The molecule has 1 atom stereocenters. The number of oxazole rings is 1. The molecule has 1 saturated heterocycles. The Morgan fingerprint density at radius 1 is 1.10 bits per heavy atom. The highest BCUT2D eigenvalue weighted by atomic mass is 19.1. The quantitative estimate of drug-likeness (QED) is 0.655. The van der Waals surface area contributed by atoms with Crippen molar-refractivity contribution in [2.75, 3.05) is 13.1 Å². The Morgan fingerprint density at radius 3 is 2.65 bits per heavy atom. The number of nitrogens with zero attached hydrogens (tertiary/aromatic N) is 2. The van der Waals surface area contributed by atoms with Crippen molar-refractivity contribution in [1.29, 1.82) is 0 Å². The Labute approximate surface area is 180 Å². The first-order valence-corrected chi connectivity index (χ1v) is 10.4. The minimum Gasteiger partial charge on any atom is -0.443 e. The van der Waals surface area contributed by atoms with E-state index in [-0.39, 0.29) is 30.2 Å². The van der Waals surface area contributed by atoms with Gasteiger partial charge in [0.2, 0.25) is 11.8 Å². The van der Waals surface area contributed by atoms with E-state index in [4.69, 9.17) is 4.42 Å². The molecule has 2 amide bonds. The molecule has 1 aromatic heterocycles. The molecule has 0 unspecified atom stereocenters. The molecule has 160 valence electrons. The summed E-state index contributed by atoms with van der Waals surface area (Å²) >= 11 is 0. The first-order chi connectivity index (χ1) is 15.1. The predicted octanol–water partition coefficient (Wildman–Crippen LogP) is 3.89. The average molecular weight is 421 g/mol. The van der Waals surface area contributed by atoms with Gasteiger partial charge in [-0.15, -0.1) is 0 Å². The summed E-state index contributed by atoms with van der Waals surface area (Å²) < 4.78 is 19.0. The van der Waals surface area contributed by atoms with Crippen LogP contribution in [0.4, 0.5) is 4.39 Å². The zero-order valence-electron chi connectivity index (χ0n) is 17.1. The van der Waals surface area contributed by atoms with Crippen LogP contribution in [0.3, 0.4) is 0 Å². The number of carbonyl (C=O) groups excluding carboxylic acids is 2. The van der Waals surface area contributed by atoms with Crippen LogP contribution >= 0.6 is 0 Å². The van der Waals surface area contributed by atoms with E-state index in [0.717, 1.165) is 24.8 Å². The molecular weight excluding hydrogens is 397 g/mol. The molecule has 0 aliphatic carbocycles. The summed E-state index contributed by atoms with van der Waals surface area (Å²) in [7, 11) is 0. The molecule has 0 saturated carbocycles. The van der Waals surface area contributed by atoms with Gasteiger partial charge >= 0.3 is 0 Å². The van der Waals surface area contributed by atoms with E-state index in [2.05, 4.69) is 10.3 Å². The Hall–Kier alpha value is -3.48. The Bertz CT molecular complexity index is 1030. The van der Waals surface area contributed by atoms with Gasteiger partial charge in [-0.2, -0.15) is 0 Å². The van der Waals surface area contributed by atoms with E-state index in [0.29, 0.717) is 30.2 Å². The summed E-state index contributed by atoms with van der Waals surface area (Å²) in [5.74, 6) is 0.446. The number of piperidine rings is 1. The second-order valence-corrected chi connectivity index (χ2v) is 7.62. The Balaban J connectivity index is 1.40. The van der Waals surface area contributed by atoms with Crippen molar-refractivity contribution in [1.82, 2.24) is 15.2 Å². The number of rotatable bonds is 6. The third kappa shape index (κ3) is 5.17. The normalized spacial score (nSPS) is 16.2. The van der Waals surface area contributed by atoms with Crippen molar-refractivity contribution in [3.63, 3.8) is 0 Å². The lowest BCUT2D eigenvalue weighted by Gasteiger charge is -2.33. The second-order valence-electron chi connectivity index (χ2n) is 7.62. The maximum atomic E-state index is 13.1. The minimum absolute atomic E-state index is 0.0760. The number of aromatic nitrogens is 1. The van der Waals surface area contributed by atoms with E-state index in [9.17, 15) is 14.0 Å². The first kappa shape index (κ1) is 20.8. The van der Waals surface area contributed by atoms with Gasteiger partial charge in [-0.3, -0.25) is 9.59 Å². The van der Waals surface area contributed by atoms with E-state index in [1.165, 1.54) is 12.1 Å². The van der Waals surface area contributed by atoms with Crippen LogP contribution in [0, 0.1) is 5.82 Å². The number of benzene rings is 2. The molecule has 7 heteroatoms. The highest BCUT2D eigenvalue weighted by Crippen LogP contribution is 2.31. The summed E-state index contributed by atoms with van der Waals surface area (Å²) in [5, 5.41) is 2.70. The van der Waals surface area contributed by atoms with Gasteiger partial charge in [-0.25, -0.2) is 9.37 Å². The molecule has 2 heterocycles. The number of halogens is 1. The molecule has 1 aliphatic heterocycles. The lowest BCUT2D eigenvalue weighted by atomic mass is 10.0. The predicted molar refractivity (Wildman–Crippen MR) is 113 cm³/mol. The topological polar surface area (TPSA) is 75.4 Å². The lowest BCUT2D eigenvalue weighted by Crippen LogP contribution is -2.44. The van der Waals surface area contributed by atoms with Crippen LogP contribution in [-0.4, -0.2) is 34.8 Å². The number of hydrogen-bond acceptors (Lipinski definition) is 4. The van der Waals surface area contributed by atoms with Gasteiger partial charge in [0.1, 0.15) is 17.6 Å². The molecule has 0 radical (unpaired) electrons. The van der Waals surface area contributed by atoms with Gasteiger partial charge in [-0.1, -0.05) is 30.3 Å². The standard InChI is InChI=1S/C24H24FN3O3/c25-19-11-9-17(10-12-19)14-20-15-27-24(31-20)21-8-4-5-13-28(21)22(29)16-26-23(30)18-6-2-1-3-7-18/h1-3,6-7,9-12,15,21H,4-5,8,13-14,16H2,(H,26,30)/t21-/m1/s1. The molecule has 0 spiro atoms. The Morgan fingerprint density at radius 2 is 1.87 bits per heavy atom. The highest BCUT2D eigenvalue weighted by molar-refractivity contribution is 5.96. The van der Waals surface area contributed by atoms with E-state index in [1.54, 1.807) is 47.5 Å². The molecule has 0 bridgehead atoms. The van der Waals surface area contributed by atoms with Crippen molar-refractivity contribution in [2.45, 2.75) is 31.7 Å². The maximum Gasteiger partial charge on any atom is 0.251 e. The second kappa shape index (κ2) is 9.55. The lowest BCUT2D eigenvalue weighted by molar-refractivity contribution is -0.134. The molecule has 31 heavy (non-hydrogen) atoms. The molecule has 1 fully saturated rings. The van der Waals surface area contributed by atoms with Gasteiger partial charge in [0, 0.05) is 18.5 Å². The van der Waals surface area contributed by atoms with Gasteiger partial charge < -0.3 is 14.6 Å². The number of likely N-dealkylation sites (tertiary alicyclic amines) is 1. The summed E-state index contributed by atoms with van der Waals surface area (Å²) in [6.45, 7) is 0.522. The number of amides is 2. The zero-order chi connectivity index (χ0) is 21.6. The van der Waals surface area contributed by atoms with E-state index < -0.39 is 0 Å². The smallest absolute Gasteiger partial charge is 0.251 e. The molecule has 2 aromatic carbocycles.